The lowest BCUT2D eigenvalue weighted by Gasteiger charge is -2.02. The number of ether oxygens (including phenoxy) is 3. The lowest BCUT2D eigenvalue weighted by molar-refractivity contribution is -0.144. The van der Waals surface area contributed by atoms with Gasteiger partial charge in [-0.15, -0.1) is 0 Å². The number of fused-ring (bicyclic) bond motifs is 1. The molecule has 2 heterocycles. The largest absolute Gasteiger partial charge is 0.455 e. The van der Waals surface area contributed by atoms with Crippen molar-refractivity contribution in [2.24, 2.45) is 0 Å². The van der Waals surface area contributed by atoms with E-state index in [0.29, 0.717) is 17.3 Å². The van der Waals surface area contributed by atoms with E-state index in [-0.39, 0.29) is 31.7 Å². The van der Waals surface area contributed by atoms with Gasteiger partial charge in [0.05, 0.1) is 6.42 Å². The van der Waals surface area contributed by atoms with Crippen LogP contribution in [-0.4, -0.2) is 22.9 Å². The van der Waals surface area contributed by atoms with Crippen LogP contribution in [0.1, 0.15) is 17.0 Å². The fraction of sp³-hybridized carbons (Fsp3) is 0.211. The molecule has 4 rings (SSSR count). The van der Waals surface area contributed by atoms with Crippen molar-refractivity contribution in [2.45, 2.75) is 20.0 Å². The molecule has 0 unspecified atom stereocenters. The molecule has 0 aliphatic carbocycles. The molecule has 0 spiro atoms. The van der Waals surface area contributed by atoms with Gasteiger partial charge in [0.25, 0.3) is 5.89 Å². The van der Waals surface area contributed by atoms with Crippen LogP contribution in [0, 0.1) is 6.92 Å². The van der Waals surface area contributed by atoms with Crippen molar-refractivity contribution in [1.29, 1.82) is 0 Å². The van der Waals surface area contributed by atoms with Gasteiger partial charge in [0.15, 0.2) is 18.1 Å². The highest BCUT2D eigenvalue weighted by molar-refractivity contribution is 5.72. The highest BCUT2D eigenvalue weighted by Gasteiger charge is 2.17. The van der Waals surface area contributed by atoms with Crippen LogP contribution in [0.2, 0.25) is 0 Å². The maximum atomic E-state index is 11.9. The number of esters is 1. The topological polar surface area (TPSA) is 83.7 Å². The predicted molar refractivity (Wildman–Crippen MR) is 90.5 cm³/mol. The van der Waals surface area contributed by atoms with E-state index < -0.39 is 0 Å². The van der Waals surface area contributed by atoms with E-state index in [4.69, 9.17) is 18.7 Å². The highest BCUT2D eigenvalue weighted by Crippen LogP contribution is 2.35. The number of hydrogen-bond acceptors (Lipinski definition) is 7. The minimum absolute atomic E-state index is 0.0672. The maximum Gasteiger partial charge on any atom is 0.310 e. The molecule has 0 amide bonds. The molecule has 0 saturated carbocycles. The molecule has 0 fully saturated rings. The minimum atomic E-state index is -0.350. The van der Waals surface area contributed by atoms with E-state index in [1.165, 1.54) is 0 Å². The van der Waals surface area contributed by atoms with Gasteiger partial charge < -0.3 is 18.7 Å². The van der Waals surface area contributed by atoms with Gasteiger partial charge in [-0.05, 0) is 30.7 Å². The van der Waals surface area contributed by atoms with Crippen LogP contribution >= 0.6 is 0 Å². The van der Waals surface area contributed by atoms with Gasteiger partial charge in [0, 0.05) is 5.56 Å². The monoisotopic (exact) mass is 352 g/mol. The molecular formula is C19H16N2O5. The highest BCUT2D eigenvalue weighted by atomic mass is 16.7. The first-order valence-corrected chi connectivity index (χ1v) is 8.11. The second-order valence-corrected chi connectivity index (χ2v) is 5.90. The predicted octanol–water partition coefficient (Wildman–Crippen LogP) is 3.06. The Morgan fingerprint density at radius 1 is 1.12 bits per heavy atom. The standard InChI is InChI=1S/C19H16N2O5/c1-12-2-4-13(5-3-12)8-18(22)23-10-17-20-19(21-26-17)14-6-7-15-16(9-14)25-11-24-15/h2-7,9H,8,10-11H2,1H3. The molecule has 3 aromatic rings. The van der Waals surface area contributed by atoms with E-state index in [2.05, 4.69) is 10.1 Å². The molecule has 7 nitrogen and oxygen atoms in total. The molecule has 7 heteroatoms. The lowest BCUT2D eigenvalue weighted by Crippen LogP contribution is -2.08. The van der Waals surface area contributed by atoms with Gasteiger partial charge in [0.2, 0.25) is 12.6 Å². The number of hydrogen-bond donors (Lipinski definition) is 0. The van der Waals surface area contributed by atoms with Gasteiger partial charge in [-0.2, -0.15) is 4.98 Å². The molecule has 0 radical (unpaired) electrons. The SMILES string of the molecule is Cc1ccc(CC(=O)OCc2nc(-c3ccc4c(c3)OCO4)no2)cc1. The van der Waals surface area contributed by atoms with Crippen LogP contribution in [0.15, 0.2) is 47.0 Å². The summed E-state index contributed by atoms with van der Waals surface area (Å²) in [6.07, 6.45) is 0.198. The third kappa shape index (κ3) is 3.51. The zero-order valence-electron chi connectivity index (χ0n) is 14.1. The summed E-state index contributed by atoms with van der Waals surface area (Å²) in [6.45, 7) is 2.13. The normalized spacial score (nSPS) is 12.2. The van der Waals surface area contributed by atoms with Crippen molar-refractivity contribution in [1.82, 2.24) is 10.1 Å². The number of carbonyl (C=O) groups excluding carboxylic acids is 1. The van der Waals surface area contributed by atoms with Crippen molar-refractivity contribution < 1.29 is 23.5 Å². The summed E-state index contributed by atoms with van der Waals surface area (Å²) in [6, 6.07) is 13.1. The van der Waals surface area contributed by atoms with Crippen molar-refractivity contribution >= 4 is 5.97 Å². The summed E-state index contributed by atoms with van der Waals surface area (Å²) in [5, 5.41) is 3.91. The molecule has 0 N–H and O–H groups in total. The average molecular weight is 352 g/mol. The Bertz CT molecular complexity index is 933. The van der Waals surface area contributed by atoms with Gasteiger partial charge in [0.1, 0.15) is 0 Å². The van der Waals surface area contributed by atoms with Crippen molar-refractivity contribution in [3.63, 3.8) is 0 Å². The van der Waals surface area contributed by atoms with Crippen LogP contribution in [0.5, 0.6) is 11.5 Å². The molecule has 1 aromatic heterocycles. The summed E-state index contributed by atoms with van der Waals surface area (Å²) in [4.78, 5) is 16.2. The number of rotatable bonds is 5. The smallest absolute Gasteiger partial charge is 0.310 e. The van der Waals surface area contributed by atoms with E-state index in [1.807, 2.05) is 37.3 Å². The number of aryl methyl sites for hydroxylation is 1. The lowest BCUT2D eigenvalue weighted by atomic mass is 10.1. The molecule has 132 valence electrons. The average Bonchev–Trinajstić information content (AvgIpc) is 3.30. The summed E-state index contributed by atoms with van der Waals surface area (Å²) >= 11 is 0. The minimum Gasteiger partial charge on any atom is -0.455 e. The Balaban J connectivity index is 1.36. The summed E-state index contributed by atoms with van der Waals surface area (Å²) in [5.41, 5.74) is 2.77. The van der Waals surface area contributed by atoms with Crippen LogP contribution in [-0.2, 0) is 22.6 Å². The Hall–Kier alpha value is -3.35. The number of aromatic nitrogens is 2. The van der Waals surface area contributed by atoms with Crippen LogP contribution < -0.4 is 9.47 Å². The molecule has 2 aromatic carbocycles. The molecule has 26 heavy (non-hydrogen) atoms. The molecule has 0 atom stereocenters. The van der Waals surface area contributed by atoms with E-state index in [0.717, 1.165) is 16.7 Å². The Kier molecular flexibility index (Phi) is 4.27. The summed E-state index contributed by atoms with van der Waals surface area (Å²) in [5.74, 6) is 1.60. The van der Waals surface area contributed by atoms with Gasteiger partial charge in [-0.1, -0.05) is 35.0 Å². The third-order valence-electron chi connectivity index (χ3n) is 3.92. The van der Waals surface area contributed by atoms with Gasteiger partial charge in [-0.25, -0.2) is 0 Å². The zero-order valence-corrected chi connectivity index (χ0v) is 14.1. The first-order chi connectivity index (χ1) is 12.7. The zero-order chi connectivity index (χ0) is 17.9. The van der Waals surface area contributed by atoms with Gasteiger partial charge >= 0.3 is 5.97 Å². The van der Waals surface area contributed by atoms with E-state index in [9.17, 15) is 4.79 Å². The molecule has 0 bridgehead atoms. The molecule has 1 aliphatic rings. The van der Waals surface area contributed by atoms with Crippen molar-refractivity contribution in [2.75, 3.05) is 6.79 Å². The van der Waals surface area contributed by atoms with Crippen molar-refractivity contribution in [3.05, 3.63) is 59.5 Å². The molecule has 1 aliphatic heterocycles. The summed E-state index contributed by atoms with van der Waals surface area (Å²) in [7, 11) is 0. The number of benzene rings is 2. The quantitative estimate of drug-likeness (QED) is 0.653. The summed E-state index contributed by atoms with van der Waals surface area (Å²) < 4.78 is 21.0. The Morgan fingerprint density at radius 3 is 2.77 bits per heavy atom. The number of carbonyl (C=O) groups is 1. The van der Waals surface area contributed by atoms with Gasteiger partial charge in [-0.3, -0.25) is 4.79 Å². The molecular weight excluding hydrogens is 336 g/mol. The second kappa shape index (κ2) is 6.87. The fourth-order valence-corrected chi connectivity index (χ4v) is 2.53. The Morgan fingerprint density at radius 2 is 1.92 bits per heavy atom. The maximum absolute atomic E-state index is 11.9. The third-order valence-corrected chi connectivity index (χ3v) is 3.92. The number of nitrogens with zero attached hydrogens (tertiary/aromatic N) is 2. The fourth-order valence-electron chi connectivity index (χ4n) is 2.53. The first kappa shape index (κ1) is 16.1. The van der Waals surface area contributed by atoms with Crippen LogP contribution in [0.4, 0.5) is 0 Å². The van der Waals surface area contributed by atoms with Crippen molar-refractivity contribution in [3.8, 4) is 22.9 Å². The van der Waals surface area contributed by atoms with Crippen LogP contribution in [0.3, 0.4) is 0 Å². The second-order valence-electron chi connectivity index (χ2n) is 5.90. The first-order valence-electron chi connectivity index (χ1n) is 8.11. The molecule has 0 saturated heterocycles. The van der Waals surface area contributed by atoms with E-state index >= 15 is 0 Å². The Labute approximate surface area is 149 Å². The van der Waals surface area contributed by atoms with E-state index in [1.54, 1.807) is 12.1 Å². The van der Waals surface area contributed by atoms with Crippen LogP contribution in [0.25, 0.3) is 11.4 Å².